The van der Waals surface area contributed by atoms with Crippen LogP contribution in [0.2, 0.25) is 0 Å². The molecule has 7 heteroatoms. The summed E-state index contributed by atoms with van der Waals surface area (Å²) in [5, 5.41) is 3.08. The van der Waals surface area contributed by atoms with Gasteiger partial charge in [0.15, 0.2) is 5.65 Å². The lowest BCUT2D eigenvalue weighted by Gasteiger charge is -2.16. The minimum Gasteiger partial charge on any atom is -0.337 e. The number of nitrogens with one attached hydrogen (secondary N) is 1. The molecule has 1 N–H and O–H groups in total. The SMILES string of the molecule is CCc1c(C)[nH]n2c(=O)cc([C@@H]3CCN(C(=O)c4ccccn4)C3)nc12. The maximum atomic E-state index is 12.6. The van der Waals surface area contributed by atoms with Crippen molar-refractivity contribution in [1.82, 2.24) is 24.5 Å². The third kappa shape index (κ3) is 2.69. The van der Waals surface area contributed by atoms with E-state index < -0.39 is 0 Å². The Hall–Kier alpha value is -2.96. The van der Waals surface area contributed by atoms with Crippen molar-refractivity contribution in [3.8, 4) is 0 Å². The van der Waals surface area contributed by atoms with E-state index in [9.17, 15) is 9.59 Å². The highest BCUT2D eigenvalue weighted by molar-refractivity contribution is 5.92. The number of carbonyl (C=O) groups excluding carboxylic acids is 1. The fourth-order valence-electron chi connectivity index (χ4n) is 3.68. The maximum absolute atomic E-state index is 12.6. The van der Waals surface area contributed by atoms with Crippen LogP contribution < -0.4 is 5.56 Å². The van der Waals surface area contributed by atoms with Crippen molar-refractivity contribution < 1.29 is 4.79 Å². The number of pyridine rings is 1. The van der Waals surface area contributed by atoms with Gasteiger partial charge in [-0.05, 0) is 31.9 Å². The molecule has 134 valence electrons. The molecule has 7 nitrogen and oxygen atoms in total. The van der Waals surface area contributed by atoms with Gasteiger partial charge in [0.25, 0.3) is 11.5 Å². The summed E-state index contributed by atoms with van der Waals surface area (Å²) in [6.45, 7) is 5.21. The number of amides is 1. The summed E-state index contributed by atoms with van der Waals surface area (Å²) in [6, 6.07) is 6.91. The molecule has 0 radical (unpaired) electrons. The molecule has 4 heterocycles. The van der Waals surface area contributed by atoms with Gasteiger partial charge in [-0.3, -0.25) is 19.7 Å². The summed E-state index contributed by atoms with van der Waals surface area (Å²) in [5.74, 6) is -0.00193. The van der Waals surface area contributed by atoms with Crippen LogP contribution in [0.5, 0.6) is 0 Å². The molecule has 3 aromatic heterocycles. The minimum atomic E-state index is -0.109. The van der Waals surface area contributed by atoms with Crippen molar-refractivity contribution >= 4 is 11.6 Å². The van der Waals surface area contributed by atoms with E-state index in [4.69, 9.17) is 4.98 Å². The number of aromatic amines is 1. The topological polar surface area (TPSA) is 83.4 Å². The normalized spacial score (nSPS) is 17.2. The van der Waals surface area contributed by atoms with Crippen LogP contribution in [0.3, 0.4) is 0 Å². The lowest BCUT2D eigenvalue weighted by Crippen LogP contribution is -2.29. The van der Waals surface area contributed by atoms with Crippen molar-refractivity contribution in [3.05, 3.63) is 63.5 Å². The molecule has 0 spiro atoms. The molecule has 0 saturated carbocycles. The molecule has 1 atom stereocenters. The van der Waals surface area contributed by atoms with E-state index in [2.05, 4.69) is 17.0 Å². The fourth-order valence-corrected chi connectivity index (χ4v) is 3.68. The molecular weight excluding hydrogens is 330 g/mol. The van der Waals surface area contributed by atoms with Gasteiger partial charge in [0.1, 0.15) is 5.69 Å². The van der Waals surface area contributed by atoms with Crippen molar-refractivity contribution in [2.45, 2.75) is 32.6 Å². The predicted molar refractivity (Wildman–Crippen MR) is 97.4 cm³/mol. The van der Waals surface area contributed by atoms with Crippen molar-refractivity contribution in [2.24, 2.45) is 0 Å². The second-order valence-corrected chi connectivity index (χ2v) is 6.70. The molecule has 4 rings (SSSR count). The average Bonchev–Trinajstić information content (AvgIpc) is 3.26. The molecule has 0 unspecified atom stereocenters. The van der Waals surface area contributed by atoms with E-state index in [1.165, 1.54) is 4.52 Å². The zero-order chi connectivity index (χ0) is 18.3. The van der Waals surface area contributed by atoms with E-state index in [0.717, 1.165) is 29.8 Å². The Labute approximate surface area is 150 Å². The Morgan fingerprint density at radius 1 is 1.38 bits per heavy atom. The van der Waals surface area contributed by atoms with Crippen LogP contribution in [0.4, 0.5) is 0 Å². The van der Waals surface area contributed by atoms with Crippen LogP contribution in [0.25, 0.3) is 5.65 Å². The number of aromatic nitrogens is 4. The van der Waals surface area contributed by atoms with Gasteiger partial charge >= 0.3 is 0 Å². The zero-order valence-corrected chi connectivity index (χ0v) is 14.9. The molecule has 1 aliphatic heterocycles. The monoisotopic (exact) mass is 351 g/mol. The molecule has 1 aliphatic rings. The third-order valence-electron chi connectivity index (χ3n) is 5.07. The van der Waals surface area contributed by atoms with E-state index in [1.807, 2.05) is 13.0 Å². The first kappa shape index (κ1) is 16.5. The number of likely N-dealkylation sites (tertiary alicyclic amines) is 1. The van der Waals surface area contributed by atoms with Crippen LogP contribution in [-0.4, -0.2) is 43.5 Å². The predicted octanol–water partition coefficient (Wildman–Crippen LogP) is 1.92. The van der Waals surface area contributed by atoms with E-state index >= 15 is 0 Å². The van der Waals surface area contributed by atoms with E-state index in [-0.39, 0.29) is 17.4 Å². The summed E-state index contributed by atoms with van der Waals surface area (Å²) in [6.07, 6.45) is 3.23. The Kier molecular flexibility index (Phi) is 4.06. The Balaban J connectivity index is 1.63. The summed E-state index contributed by atoms with van der Waals surface area (Å²) >= 11 is 0. The largest absolute Gasteiger partial charge is 0.337 e. The van der Waals surface area contributed by atoms with Gasteiger partial charge in [-0.25, -0.2) is 9.50 Å². The maximum Gasteiger partial charge on any atom is 0.272 e. The smallest absolute Gasteiger partial charge is 0.272 e. The highest BCUT2D eigenvalue weighted by Crippen LogP contribution is 2.27. The number of hydrogen-bond acceptors (Lipinski definition) is 4. The summed E-state index contributed by atoms with van der Waals surface area (Å²) in [4.78, 5) is 35.7. The summed E-state index contributed by atoms with van der Waals surface area (Å²) in [5.41, 5.74) is 3.83. The summed E-state index contributed by atoms with van der Waals surface area (Å²) < 4.78 is 1.50. The van der Waals surface area contributed by atoms with Crippen LogP contribution in [0.15, 0.2) is 35.3 Å². The van der Waals surface area contributed by atoms with E-state index in [1.54, 1.807) is 29.3 Å². The number of hydrogen-bond donors (Lipinski definition) is 1. The Morgan fingerprint density at radius 3 is 2.96 bits per heavy atom. The molecule has 0 aromatic carbocycles. The lowest BCUT2D eigenvalue weighted by atomic mass is 10.0. The van der Waals surface area contributed by atoms with Gasteiger partial charge < -0.3 is 4.90 Å². The zero-order valence-electron chi connectivity index (χ0n) is 14.9. The van der Waals surface area contributed by atoms with Gasteiger partial charge in [-0.1, -0.05) is 13.0 Å². The average molecular weight is 351 g/mol. The van der Waals surface area contributed by atoms with Gasteiger partial charge in [-0.15, -0.1) is 0 Å². The number of aryl methyl sites for hydroxylation is 2. The number of fused-ring (bicyclic) bond motifs is 1. The van der Waals surface area contributed by atoms with Crippen molar-refractivity contribution in [1.29, 1.82) is 0 Å². The van der Waals surface area contributed by atoms with Gasteiger partial charge in [0, 0.05) is 42.5 Å². The first-order valence-corrected chi connectivity index (χ1v) is 8.90. The second-order valence-electron chi connectivity index (χ2n) is 6.70. The van der Waals surface area contributed by atoms with Crippen LogP contribution in [0.1, 0.15) is 46.7 Å². The first-order chi connectivity index (χ1) is 12.6. The van der Waals surface area contributed by atoms with Crippen LogP contribution in [-0.2, 0) is 6.42 Å². The summed E-state index contributed by atoms with van der Waals surface area (Å²) in [7, 11) is 0. The van der Waals surface area contributed by atoms with Gasteiger partial charge in [-0.2, -0.15) is 0 Å². The number of nitrogens with zero attached hydrogens (tertiary/aromatic N) is 4. The first-order valence-electron chi connectivity index (χ1n) is 8.90. The van der Waals surface area contributed by atoms with Gasteiger partial charge in [0.2, 0.25) is 0 Å². The molecular formula is C19H21N5O2. The van der Waals surface area contributed by atoms with E-state index in [0.29, 0.717) is 24.4 Å². The lowest BCUT2D eigenvalue weighted by molar-refractivity contribution is 0.0785. The molecule has 1 fully saturated rings. The minimum absolute atomic E-state index is 0.0697. The molecule has 0 bridgehead atoms. The Morgan fingerprint density at radius 2 is 2.23 bits per heavy atom. The third-order valence-corrected chi connectivity index (χ3v) is 5.07. The van der Waals surface area contributed by atoms with Crippen molar-refractivity contribution in [3.63, 3.8) is 0 Å². The highest BCUT2D eigenvalue weighted by Gasteiger charge is 2.30. The molecule has 1 amide bonds. The molecule has 1 saturated heterocycles. The highest BCUT2D eigenvalue weighted by atomic mass is 16.2. The van der Waals surface area contributed by atoms with Crippen LogP contribution >= 0.6 is 0 Å². The quantitative estimate of drug-likeness (QED) is 0.781. The molecule has 26 heavy (non-hydrogen) atoms. The fraction of sp³-hybridized carbons (Fsp3) is 0.368. The standard InChI is InChI=1S/C19H21N5O2/c1-3-14-12(2)22-24-17(25)10-16(21-18(14)24)13-7-9-23(11-13)19(26)15-6-4-5-8-20-15/h4-6,8,10,13,22H,3,7,9,11H2,1-2H3/t13-/m1/s1. The van der Waals surface area contributed by atoms with Crippen LogP contribution in [0, 0.1) is 6.92 Å². The number of carbonyl (C=O) groups is 1. The number of rotatable bonds is 3. The van der Waals surface area contributed by atoms with Gasteiger partial charge in [0.05, 0.1) is 5.69 Å². The molecule has 0 aliphatic carbocycles. The number of H-pyrrole nitrogens is 1. The Bertz CT molecular complexity index is 1020. The molecule has 3 aromatic rings. The second kappa shape index (κ2) is 6.40. The van der Waals surface area contributed by atoms with Crippen molar-refractivity contribution in [2.75, 3.05) is 13.1 Å².